The van der Waals surface area contributed by atoms with Crippen LogP contribution in [0.4, 0.5) is 0 Å². The molecule has 0 aliphatic heterocycles. The van der Waals surface area contributed by atoms with Gasteiger partial charge in [-0.2, -0.15) is 0 Å². The predicted molar refractivity (Wildman–Crippen MR) is 57.4 cm³/mol. The molecular weight excluding hydrogens is 182 g/mol. The molecule has 0 aliphatic rings. The minimum absolute atomic E-state index is 0.218. The van der Waals surface area contributed by atoms with Crippen molar-refractivity contribution in [3.8, 4) is 5.75 Å². The highest BCUT2D eigenvalue weighted by atomic mass is 32.2. The molecule has 1 rings (SSSR count). The van der Waals surface area contributed by atoms with Gasteiger partial charge in [0, 0.05) is 4.90 Å². The Morgan fingerprint density at radius 1 is 1.54 bits per heavy atom. The summed E-state index contributed by atoms with van der Waals surface area (Å²) >= 11 is 1.62. The van der Waals surface area contributed by atoms with Crippen molar-refractivity contribution in [2.24, 2.45) is 5.73 Å². The summed E-state index contributed by atoms with van der Waals surface area (Å²) in [5, 5.41) is 9.66. The maximum atomic E-state index is 9.66. The molecule has 1 unspecified atom stereocenters. The second-order valence-electron chi connectivity index (χ2n) is 3.06. The highest BCUT2D eigenvalue weighted by Crippen LogP contribution is 2.28. The molecule has 0 radical (unpaired) electrons. The SMILES string of the molecule is CSc1ccc(C(C)CN)c(O)c1. The monoisotopic (exact) mass is 197 g/mol. The van der Waals surface area contributed by atoms with Crippen LogP contribution in [0.2, 0.25) is 0 Å². The fourth-order valence-electron chi connectivity index (χ4n) is 1.19. The standard InChI is InChI=1S/C10H15NOS/c1-7(6-11)9-4-3-8(13-2)5-10(9)12/h3-5,7,12H,6,11H2,1-2H3. The highest BCUT2D eigenvalue weighted by molar-refractivity contribution is 7.98. The third kappa shape index (κ3) is 2.39. The summed E-state index contributed by atoms with van der Waals surface area (Å²) in [4.78, 5) is 1.07. The van der Waals surface area contributed by atoms with Crippen molar-refractivity contribution in [1.29, 1.82) is 0 Å². The molecular formula is C10H15NOS. The molecule has 0 fully saturated rings. The van der Waals surface area contributed by atoms with Crippen LogP contribution in [0.15, 0.2) is 23.1 Å². The average molecular weight is 197 g/mol. The van der Waals surface area contributed by atoms with E-state index < -0.39 is 0 Å². The van der Waals surface area contributed by atoms with E-state index in [-0.39, 0.29) is 5.92 Å². The maximum Gasteiger partial charge on any atom is 0.120 e. The van der Waals surface area contributed by atoms with Crippen molar-refractivity contribution in [3.05, 3.63) is 23.8 Å². The number of hydrogen-bond donors (Lipinski definition) is 2. The van der Waals surface area contributed by atoms with E-state index in [2.05, 4.69) is 0 Å². The number of nitrogens with two attached hydrogens (primary N) is 1. The smallest absolute Gasteiger partial charge is 0.120 e. The normalized spacial score (nSPS) is 12.8. The molecule has 3 heteroatoms. The van der Waals surface area contributed by atoms with Crippen LogP contribution in [0.3, 0.4) is 0 Å². The number of phenolic OH excluding ortho intramolecular Hbond substituents is 1. The first-order valence-electron chi connectivity index (χ1n) is 4.26. The number of rotatable bonds is 3. The van der Waals surface area contributed by atoms with Crippen molar-refractivity contribution in [1.82, 2.24) is 0 Å². The lowest BCUT2D eigenvalue weighted by Gasteiger charge is -2.11. The van der Waals surface area contributed by atoms with Gasteiger partial charge in [0.05, 0.1) is 0 Å². The van der Waals surface area contributed by atoms with Crippen molar-refractivity contribution >= 4 is 11.8 Å². The van der Waals surface area contributed by atoms with Gasteiger partial charge < -0.3 is 10.8 Å². The first kappa shape index (κ1) is 10.4. The number of phenols is 1. The van der Waals surface area contributed by atoms with Gasteiger partial charge in [-0.3, -0.25) is 0 Å². The second-order valence-corrected chi connectivity index (χ2v) is 3.94. The zero-order valence-corrected chi connectivity index (χ0v) is 8.77. The summed E-state index contributed by atoms with van der Waals surface area (Å²) in [5.74, 6) is 0.570. The fourth-order valence-corrected chi connectivity index (χ4v) is 1.63. The Kier molecular flexibility index (Phi) is 3.63. The van der Waals surface area contributed by atoms with Crippen LogP contribution >= 0.6 is 11.8 Å². The van der Waals surface area contributed by atoms with E-state index in [1.54, 1.807) is 17.8 Å². The Balaban J connectivity index is 2.98. The van der Waals surface area contributed by atoms with Gasteiger partial charge >= 0.3 is 0 Å². The molecule has 0 aliphatic carbocycles. The zero-order valence-electron chi connectivity index (χ0n) is 7.95. The third-order valence-corrected chi connectivity index (χ3v) is 2.85. The molecule has 3 N–H and O–H groups in total. The number of hydrogen-bond acceptors (Lipinski definition) is 3. The molecule has 72 valence electrons. The number of aromatic hydroxyl groups is 1. The Hall–Kier alpha value is -0.670. The summed E-state index contributed by atoms with van der Waals surface area (Å²) < 4.78 is 0. The molecule has 2 nitrogen and oxygen atoms in total. The molecule has 0 bridgehead atoms. The maximum absolute atomic E-state index is 9.66. The molecule has 1 aromatic carbocycles. The van der Waals surface area contributed by atoms with Gasteiger partial charge in [-0.15, -0.1) is 11.8 Å². The van der Waals surface area contributed by atoms with E-state index >= 15 is 0 Å². The van der Waals surface area contributed by atoms with Crippen LogP contribution in [0.25, 0.3) is 0 Å². The topological polar surface area (TPSA) is 46.2 Å². The molecule has 13 heavy (non-hydrogen) atoms. The minimum atomic E-state index is 0.218. The average Bonchev–Trinajstić information content (AvgIpc) is 2.16. The van der Waals surface area contributed by atoms with Crippen LogP contribution in [0.5, 0.6) is 5.75 Å². The van der Waals surface area contributed by atoms with Gasteiger partial charge in [0.15, 0.2) is 0 Å². The lowest BCUT2D eigenvalue weighted by atomic mass is 10.0. The molecule has 0 aromatic heterocycles. The Morgan fingerprint density at radius 3 is 2.69 bits per heavy atom. The summed E-state index contributed by atoms with van der Waals surface area (Å²) in [7, 11) is 0. The van der Waals surface area contributed by atoms with Crippen LogP contribution < -0.4 is 5.73 Å². The van der Waals surface area contributed by atoms with Crippen molar-refractivity contribution in [2.45, 2.75) is 17.7 Å². The molecule has 0 amide bonds. The van der Waals surface area contributed by atoms with E-state index in [1.807, 2.05) is 25.3 Å². The Labute approximate surface area is 83.1 Å². The molecule has 0 spiro atoms. The molecule has 0 heterocycles. The predicted octanol–water partition coefficient (Wildman–Crippen LogP) is 2.18. The van der Waals surface area contributed by atoms with E-state index in [1.165, 1.54) is 0 Å². The van der Waals surface area contributed by atoms with Crippen molar-refractivity contribution in [3.63, 3.8) is 0 Å². The highest BCUT2D eigenvalue weighted by Gasteiger charge is 2.08. The Bertz CT molecular complexity index is 288. The quantitative estimate of drug-likeness (QED) is 0.730. The fraction of sp³-hybridized carbons (Fsp3) is 0.400. The minimum Gasteiger partial charge on any atom is -0.508 e. The summed E-state index contributed by atoms with van der Waals surface area (Å²) in [6.45, 7) is 2.57. The van der Waals surface area contributed by atoms with Gasteiger partial charge in [-0.25, -0.2) is 0 Å². The lowest BCUT2D eigenvalue weighted by Crippen LogP contribution is -2.08. The number of thioether (sulfide) groups is 1. The molecule has 0 saturated carbocycles. The van der Waals surface area contributed by atoms with Crippen molar-refractivity contribution in [2.75, 3.05) is 12.8 Å². The number of benzene rings is 1. The third-order valence-electron chi connectivity index (χ3n) is 2.12. The van der Waals surface area contributed by atoms with E-state index in [9.17, 15) is 5.11 Å². The largest absolute Gasteiger partial charge is 0.508 e. The summed E-state index contributed by atoms with van der Waals surface area (Å²) in [6, 6.07) is 5.73. The summed E-state index contributed by atoms with van der Waals surface area (Å²) in [6.07, 6.45) is 1.99. The van der Waals surface area contributed by atoms with Gasteiger partial charge in [0.1, 0.15) is 5.75 Å². The van der Waals surface area contributed by atoms with Crippen molar-refractivity contribution < 1.29 is 5.11 Å². The van der Waals surface area contributed by atoms with Gasteiger partial charge in [0.2, 0.25) is 0 Å². The molecule has 1 aromatic rings. The Morgan fingerprint density at radius 2 is 2.23 bits per heavy atom. The van der Waals surface area contributed by atoms with Gasteiger partial charge in [-0.1, -0.05) is 13.0 Å². The molecule has 1 atom stereocenters. The van der Waals surface area contributed by atoms with Crippen LogP contribution in [0.1, 0.15) is 18.4 Å². The van der Waals surface area contributed by atoms with E-state index in [4.69, 9.17) is 5.73 Å². The summed E-state index contributed by atoms with van der Waals surface area (Å²) in [5.41, 5.74) is 6.46. The van der Waals surface area contributed by atoms with Gasteiger partial charge in [0.25, 0.3) is 0 Å². The van der Waals surface area contributed by atoms with E-state index in [0.29, 0.717) is 12.3 Å². The van der Waals surface area contributed by atoms with Crippen LogP contribution in [0, 0.1) is 0 Å². The second kappa shape index (κ2) is 4.53. The first-order chi connectivity index (χ1) is 6.19. The van der Waals surface area contributed by atoms with Gasteiger partial charge in [-0.05, 0) is 36.4 Å². The zero-order chi connectivity index (χ0) is 9.84. The molecule has 0 saturated heterocycles. The van der Waals surface area contributed by atoms with Crippen LogP contribution in [-0.2, 0) is 0 Å². The van der Waals surface area contributed by atoms with E-state index in [0.717, 1.165) is 10.5 Å². The first-order valence-corrected chi connectivity index (χ1v) is 5.48. The lowest BCUT2D eigenvalue weighted by molar-refractivity contribution is 0.462. The van der Waals surface area contributed by atoms with Crippen LogP contribution in [-0.4, -0.2) is 17.9 Å².